The van der Waals surface area contributed by atoms with E-state index < -0.39 is 69.4 Å². The third kappa shape index (κ3) is 16.6. The van der Waals surface area contributed by atoms with Crippen LogP contribution in [0.4, 0.5) is 5.95 Å². The molecule has 0 bridgehead atoms. The number of ether oxygens (including phenoxy) is 1. The van der Waals surface area contributed by atoms with E-state index in [-0.39, 0.29) is 82.7 Å². The van der Waals surface area contributed by atoms with Gasteiger partial charge in [0.25, 0.3) is 5.91 Å². The monoisotopic (exact) mass is 1240 g/mol. The van der Waals surface area contributed by atoms with Crippen LogP contribution in [0.3, 0.4) is 0 Å². The summed E-state index contributed by atoms with van der Waals surface area (Å²) in [5.74, 6) is -3.85. The molecule has 0 aliphatic rings. The molecule has 3 atom stereocenters. The number of nitrogens with two attached hydrogens (primary N) is 1. The number of hydrogen-bond acceptors (Lipinski definition) is 20. The first-order valence-electron chi connectivity index (χ1n) is 26.5. The normalized spacial score (nSPS) is 12.6. The van der Waals surface area contributed by atoms with Crippen LogP contribution in [-0.2, 0) is 67.1 Å². The molecule has 0 radical (unpaired) electrons. The van der Waals surface area contributed by atoms with Gasteiger partial charge in [-0.05, 0) is 77.9 Å². The fourth-order valence-electron chi connectivity index (χ4n) is 9.57. The quantitative estimate of drug-likeness (QED) is 0.00901. The number of carbonyl (C=O) groups is 5. The molecule has 7 aromatic rings. The number of carboxylic acids is 1. The minimum Gasteiger partial charge on any atom is -0.494 e. The van der Waals surface area contributed by atoms with E-state index >= 15 is 0 Å². The maximum atomic E-state index is 13.9. The number of carboxylic acid groups (broad SMARTS) is 1. The summed E-state index contributed by atoms with van der Waals surface area (Å²) in [6.07, 6.45) is 5.26. The second kappa shape index (κ2) is 31.3. The van der Waals surface area contributed by atoms with Gasteiger partial charge < -0.3 is 46.7 Å². The van der Waals surface area contributed by atoms with Gasteiger partial charge in [-0.25, -0.2) is 23.9 Å². The van der Waals surface area contributed by atoms with E-state index in [1.54, 1.807) is 29.9 Å². The van der Waals surface area contributed by atoms with Crippen LogP contribution in [-0.4, -0.2) is 124 Å². The zero-order chi connectivity index (χ0) is 61.8. The summed E-state index contributed by atoms with van der Waals surface area (Å²) in [5.41, 5.74) is 8.78. The number of fused-ring (bicyclic) bond motifs is 1. The smallest absolute Gasteiger partial charge is 0.323 e. The van der Waals surface area contributed by atoms with Gasteiger partial charge in [-0.2, -0.15) is 4.72 Å². The highest BCUT2D eigenvalue weighted by atomic mass is 32.2. The average molecular weight is 1240 g/mol. The number of anilines is 1. The Morgan fingerprint density at radius 2 is 1.36 bits per heavy atom. The number of pyridine rings is 1. The fourth-order valence-corrected chi connectivity index (χ4v) is 12.1. The van der Waals surface area contributed by atoms with Crippen molar-refractivity contribution >= 4 is 80.6 Å². The van der Waals surface area contributed by atoms with Crippen LogP contribution in [0.25, 0.3) is 10.9 Å². The molecule has 4 amide bonds. The molecule has 0 spiro atoms. The number of nitrogens with zero attached hydrogens (tertiary/aromatic N) is 3. The molecule has 26 nitrogen and oxygen atoms in total. The van der Waals surface area contributed by atoms with Crippen LogP contribution in [0.15, 0.2) is 150 Å². The number of sulfonamides is 1. The minimum absolute atomic E-state index is 0.00640. The summed E-state index contributed by atoms with van der Waals surface area (Å²) >= 11 is 1.04. The van der Waals surface area contributed by atoms with Crippen molar-refractivity contribution in [2.24, 2.45) is 12.8 Å². The molecule has 0 fully saturated rings. The van der Waals surface area contributed by atoms with E-state index in [9.17, 15) is 42.3 Å². The van der Waals surface area contributed by atoms with Crippen molar-refractivity contribution in [1.82, 2.24) is 40.1 Å². The Hall–Kier alpha value is -8.20. The summed E-state index contributed by atoms with van der Waals surface area (Å²) in [6.45, 7) is 2.57. The summed E-state index contributed by atoms with van der Waals surface area (Å²) in [4.78, 5) is 82.3. The molecule has 0 unspecified atom stereocenters. The third-order valence-electron chi connectivity index (χ3n) is 13.5. The Morgan fingerprint density at radius 1 is 0.767 bits per heavy atom. The predicted octanol–water partition coefficient (Wildman–Crippen LogP) is 4.31. The van der Waals surface area contributed by atoms with Crippen molar-refractivity contribution in [2.75, 3.05) is 43.1 Å². The van der Waals surface area contributed by atoms with E-state index in [1.165, 1.54) is 32.2 Å². The van der Waals surface area contributed by atoms with Crippen molar-refractivity contribution in [2.45, 2.75) is 61.8 Å². The lowest BCUT2D eigenvalue weighted by atomic mass is 9.76. The van der Waals surface area contributed by atoms with Crippen LogP contribution in [0.2, 0.25) is 0 Å². The lowest BCUT2D eigenvalue weighted by molar-refractivity contribution is -0.432. The molecule has 0 aliphatic heterocycles. The summed E-state index contributed by atoms with van der Waals surface area (Å²) in [5, 5.41) is 47.4. The molecule has 456 valence electrons. The molecule has 86 heavy (non-hydrogen) atoms. The Labute approximate surface area is 502 Å². The highest BCUT2D eigenvalue weighted by Crippen LogP contribution is 2.42. The molecule has 7 rings (SSSR count). The van der Waals surface area contributed by atoms with Crippen molar-refractivity contribution in [3.05, 3.63) is 189 Å². The van der Waals surface area contributed by atoms with Gasteiger partial charge in [-0.1, -0.05) is 107 Å². The van der Waals surface area contributed by atoms with E-state index in [1.807, 2.05) is 66.9 Å². The number of aryl methyl sites for hydroxylation is 3. The molecule has 11 N–H and O–H groups in total. The lowest BCUT2D eigenvalue weighted by Crippen LogP contribution is -2.54. The van der Waals surface area contributed by atoms with Crippen LogP contribution < -0.4 is 47.2 Å². The number of carbonyl (C=O) groups excluding carboxylic acids is 4. The number of benzene rings is 5. The number of amides is 4. The summed E-state index contributed by atoms with van der Waals surface area (Å²) in [7, 11) is -2.88. The van der Waals surface area contributed by atoms with Crippen LogP contribution in [0.1, 0.15) is 56.6 Å². The first-order valence-corrected chi connectivity index (χ1v) is 29.8. The average Bonchev–Trinajstić information content (AvgIpc) is 1.27. The molecule has 2 heterocycles. The second-order valence-corrected chi connectivity index (χ2v) is 22.4. The van der Waals surface area contributed by atoms with E-state index in [4.69, 9.17) is 26.0 Å². The Morgan fingerprint density at radius 3 is 1.95 bits per heavy atom. The number of imidazole rings is 1. The van der Waals surface area contributed by atoms with Crippen LogP contribution in [0.5, 0.6) is 5.75 Å². The van der Waals surface area contributed by atoms with E-state index in [0.29, 0.717) is 42.1 Å². The van der Waals surface area contributed by atoms with Crippen molar-refractivity contribution in [3.8, 4) is 5.75 Å². The number of aliphatic carboxylic acids is 1. The second-order valence-electron chi connectivity index (χ2n) is 19.3. The van der Waals surface area contributed by atoms with Gasteiger partial charge in [0.2, 0.25) is 39.1 Å². The molecular formula is C57H64N10O16S3. The van der Waals surface area contributed by atoms with Crippen molar-refractivity contribution in [1.29, 1.82) is 0 Å². The van der Waals surface area contributed by atoms with Gasteiger partial charge in [0.05, 0.1) is 28.8 Å². The molecule has 0 saturated carbocycles. The highest BCUT2D eigenvalue weighted by molar-refractivity contribution is 7.94. The van der Waals surface area contributed by atoms with Crippen molar-refractivity contribution < 1.29 is 71.5 Å². The Kier molecular flexibility index (Phi) is 23.8. The molecular weight excluding hydrogens is 1180 g/mol. The van der Waals surface area contributed by atoms with Gasteiger partial charge >= 0.3 is 5.97 Å². The van der Waals surface area contributed by atoms with E-state index in [0.717, 1.165) is 22.3 Å². The van der Waals surface area contributed by atoms with Gasteiger partial charge in [-0.15, -0.1) is 8.67 Å². The molecule has 29 heteroatoms. The topological polar surface area (TPSA) is 364 Å². The number of aromatic nitrogens is 3. The Balaban J connectivity index is 0.915. The maximum absolute atomic E-state index is 13.9. The first-order chi connectivity index (χ1) is 41.4. The van der Waals surface area contributed by atoms with Crippen LogP contribution in [0, 0.1) is 13.8 Å². The highest BCUT2D eigenvalue weighted by Gasteiger charge is 2.40. The van der Waals surface area contributed by atoms with Gasteiger partial charge in [0.15, 0.2) is 0 Å². The minimum atomic E-state index is -4.54. The third-order valence-corrected chi connectivity index (χ3v) is 16.5. The van der Waals surface area contributed by atoms with Gasteiger partial charge in [-0.3, -0.25) is 33.3 Å². The molecule has 2 aromatic heterocycles. The largest absolute Gasteiger partial charge is 0.494 e. The first kappa shape index (κ1) is 65.3. The summed E-state index contributed by atoms with van der Waals surface area (Å²) in [6, 6.07) is 34.4. The zero-order valence-electron chi connectivity index (χ0n) is 46.7. The lowest BCUT2D eigenvalue weighted by Gasteiger charge is -2.38. The molecule has 0 saturated heterocycles. The molecule has 5 aromatic carbocycles. The number of rotatable bonds is 33. The van der Waals surface area contributed by atoms with Crippen molar-refractivity contribution in [3.63, 3.8) is 0 Å². The standard InChI is InChI=1S/C57H64N10O16S3/c1-36-28-42(79-27-13-20-49(68)59-23-24-60-54(72)47(35-85-83-81-76)64-53(71)45(58)34-84-82-80-75)29-37(2)51(36)86(77,78)65-46(55(73)74)32-62-52(70)44-33-66(3)48-30-38(21-22-43(48)50(44)69)31-63-56-61-25-26-67(56)57(39-14-7-4-8-15-39,40-16-9-5-10-17-40)41-18-11-6-12-19-41/h4-12,14-19,21-22,25-26,28-30,33,45-47,65,75-76H,13,20,23-24,27,31-32,34-35,58H2,1-3H3,(H,59,68)(H,60,72)(H,61,63)(H,62,70)(H,64,71)(H,73,74)/t45-,46-,47-/m0/s1. The summed E-state index contributed by atoms with van der Waals surface area (Å²) < 4.78 is 47.8. The van der Waals surface area contributed by atoms with E-state index in [2.05, 4.69) is 91.0 Å². The number of nitrogens with one attached hydrogen (secondary N) is 6. The van der Waals surface area contributed by atoms with Crippen LogP contribution >= 0.6 is 24.1 Å². The zero-order valence-corrected chi connectivity index (χ0v) is 49.1. The van der Waals surface area contributed by atoms with Gasteiger partial charge in [0.1, 0.15) is 28.9 Å². The van der Waals surface area contributed by atoms with Gasteiger partial charge in [0, 0.05) is 93.5 Å². The maximum Gasteiger partial charge on any atom is 0.323 e. The molecule has 0 aliphatic carbocycles. The predicted molar refractivity (Wildman–Crippen MR) is 319 cm³/mol. The SMILES string of the molecule is Cc1cc(OCCCC(=O)NCCNC(=O)[C@H](CSOOO)NC(=O)[C@@H](N)CSOOO)cc(C)c1S(=O)(=O)N[C@@H](CNC(=O)c1cn(C)c2cc(CNc3nccn3C(c3ccccc3)(c3ccccc3)c3ccccc3)ccc2c1=O)C(=O)O. The number of hydrogen-bond donors (Lipinski definition) is 10. The Bertz CT molecular complexity index is 3520. The fraction of sp³-hybridized carbons (Fsp3) is 0.281.